The SMILES string of the molecule is Cc1cc(C)c(CNC(=O)[C@H]2Oc3ccccc3O[C@H]2C)c(C)c1. The molecule has 1 aliphatic heterocycles. The maximum atomic E-state index is 12.6. The molecule has 126 valence electrons. The number of carbonyl (C=O) groups excluding carboxylic acids is 1. The van der Waals surface area contributed by atoms with Crippen molar-refractivity contribution in [1.29, 1.82) is 0 Å². The van der Waals surface area contributed by atoms with Crippen LogP contribution in [0.4, 0.5) is 0 Å². The Kier molecular flexibility index (Phi) is 4.47. The highest BCUT2D eigenvalue weighted by molar-refractivity contribution is 5.82. The lowest BCUT2D eigenvalue weighted by Gasteiger charge is -2.31. The van der Waals surface area contributed by atoms with Gasteiger partial charge in [0.1, 0.15) is 6.10 Å². The van der Waals surface area contributed by atoms with Crippen molar-refractivity contribution < 1.29 is 14.3 Å². The highest BCUT2D eigenvalue weighted by atomic mass is 16.6. The Morgan fingerprint density at radius 1 is 1.04 bits per heavy atom. The van der Waals surface area contributed by atoms with E-state index in [1.165, 1.54) is 16.7 Å². The highest BCUT2D eigenvalue weighted by Crippen LogP contribution is 2.33. The zero-order chi connectivity index (χ0) is 17.3. The lowest BCUT2D eigenvalue weighted by molar-refractivity contribution is -0.133. The summed E-state index contributed by atoms with van der Waals surface area (Å²) in [7, 11) is 0. The molecule has 1 heterocycles. The molecular formula is C20H23NO3. The van der Waals surface area contributed by atoms with Crippen molar-refractivity contribution in [1.82, 2.24) is 5.32 Å². The van der Waals surface area contributed by atoms with Gasteiger partial charge in [-0.25, -0.2) is 0 Å². The van der Waals surface area contributed by atoms with Crippen LogP contribution in [0, 0.1) is 20.8 Å². The minimum atomic E-state index is -0.647. The summed E-state index contributed by atoms with van der Waals surface area (Å²) in [6, 6.07) is 11.7. The van der Waals surface area contributed by atoms with Crippen molar-refractivity contribution in [3.05, 3.63) is 58.7 Å². The van der Waals surface area contributed by atoms with E-state index in [4.69, 9.17) is 9.47 Å². The van der Waals surface area contributed by atoms with Gasteiger partial charge in [-0.1, -0.05) is 29.8 Å². The quantitative estimate of drug-likeness (QED) is 0.940. The lowest BCUT2D eigenvalue weighted by atomic mass is 10.00. The topological polar surface area (TPSA) is 47.6 Å². The molecule has 0 spiro atoms. The number of fused-ring (bicyclic) bond motifs is 1. The molecule has 0 saturated heterocycles. The predicted molar refractivity (Wildman–Crippen MR) is 93.4 cm³/mol. The van der Waals surface area contributed by atoms with E-state index in [0.717, 1.165) is 5.56 Å². The van der Waals surface area contributed by atoms with Crippen molar-refractivity contribution in [2.45, 2.75) is 46.4 Å². The second-order valence-corrected chi connectivity index (χ2v) is 6.40. The fraction of sp³-hybridized carbons (Fsp3) is 0.350. The van der Waals surface area contributed by atoms with E-state index >= 15 is 0 Å². The number of benzene rings is 2. The first kappa shape index (κ1) is 16.4. The standard InChI is InChI=1S/C20H23NO3/c1-12-9-13(2)16(14(3)10-12)11-21-20(22)19-15(4)23-17-7-5-6-8-18(17)24-19/h5-10,15,19H,11H2,1-4H3,(H,21,22)/t15-,19-/m0/s1. The molecule has 4 heteroatoms. The van der Waals surface area contributed by atoms with Gasteiger partial charge in [-0.15, -0.1) is 0 Å². The van der Waals surface area contributed by atoms with Gasteiger partial charge in [-0.2, -0.15) is 0 Å². The number of para-hydroxylation sites is 2. The van der Waals surface area contributed by atoms with E-state index in [1.807, 2.05) is 31.2 Å². The molecule has 2 aromatic rings. The summed E-state index contributed by atoms with van der Waals surface area (Å²) in [6.45, 7) is 8.56. The Morgan fingerprint density at radius 3 is 2.25 bits per heavy atom. The number of ether oxygens (including phenoxy) is 2. The number of rotatable bonds is 3. The third-order valence-electron chi connectivity index (χ3n) is 4.38. The maximum absolute atomic E-state index is 12.6. The smallest absolute Gasteiger partial charge is 0.265 e. The summed E-state index contributed by atoms with van der Waals surface area (Å²) in [5, 5.41) is 2.99. The molecule has 1 aliphatic rings. The number of hydrogen-bond acceptors (Lipinski definition) is 3. The van der Waals surface area contributed by atoms with E-state index in [-0.39, 0.29) is 12.0 Å². The third-order valence-corrected chi connectivity index (χ3v) is 4.38. The third kappa shape index (κ3) is 3.23. The van der Waals surface area contributed by atoms with Crippen LogP contribution in [0.5, 0.6) is 11.5 Å². The van der Waals surface area contributed by atoms with Gasteiger partial charge < -0.3 is 14.8 Å². The van der Waals surface area contributed by atoms with E-state index in [2.05, 4.69) is 38.2 Å². The lowest BCUT2D eigenvalue weighted by Crippen LogP contribution is -2.48. The summed E-state index contributed by atoms with van der Waals surface area (Å²) in [6.07, 6.45) is -0.980. The fourth-order valence-corrected chi connectivity index (χ4v) is 3.17. The first-order valence-corrected chi connectivity index (χ1v) is 8.22. The number of carbonyl (C=O) groups is 1. The van der Waals surface area contributed by atoms with Crippen LogP contribution in [0.1, 0.15) is 29.2 Å². The molecule has 1 N–H and O–H groups in total. The molecule has 0 bridgehead atoms. The van der Waals surface area contributed by atoms with Crippen LogP contribution in [0.15, 0.2) is 36.4 Å². The minimum absolute atomic E-state index is 0.156. The van der Waals surface area contributed by atoms with Gasteiger partial charge in [-0.05, 0) is 56.5 Å². The number of hydrogen-bond donors (Lipinski definition) is 1. The van der Waals surface area contributed by atoms with Gasteiger partial charge in [0.15, 0.2) is 11.5 Å². The molecule has 0 fully saturated rings. The summed E-state index contributed by atoms with van der Waals surface area (Å²) in [5.41, 5.74) is 4.76. The molecule has 3 rings (SSSR count). The summed E-state index contributed by atoms with van der Waals surface area (Å²) in [4.78, 5) is 12.6. The van der Waals surface area contributed by atoms with Crippen LogP contribution in [0.25, 0.3) is 0 Å². The zero-order valence-electron chi connectivity index (χ0n) is 14.6. The Labute approximate surface area is 142 Å². The van der Waals surface area contributed by atoms with Crippen LogP contribution in [0.3, 0.4) is 0 Å². The minimum Gasteiger partial charge on any atom is -0.482 e. The second-order valence-electron chi connectivity index (χ2n) is 6.40. The fourth-order valence-electron chi connectivity index (χ4n) is 3.17. The molecule has 1 amide bonds. The molecule has 2 aromatic carbocycles. The molecule has 0 aliphatic carbocycles. The summed E-state index contributed by atoms with van der Waals surface area (Å²) < 4.78 is 11.6. The van der Waals surface area contributed by atoms with Crippen LogP contribution >= 0.6 is 0 Å². The molecule has 24 heavy (non-hydrogen) atoms. The number of aryl methyl sites for hydroxylation is 3. The monoisotopic (exact) mass is 325 g/mol. The van der Waals surface area contributed by atoms with E-state index in [9.17, 15) is 4.79 Å². The summed E-state index contributed by atoms with van der Waals surface area (Å²) in [5.74, 6) is 1.13. The van der Waals surface area contributed by atoms with Crippen molar-refractivity contribution in [3.8, 4) is 11.5 Å². The molecular weight excluding hydrogens is 302 g/mol. The molecule has 0 unspecified atom stereocenters. The van der Waals surface area contributed by atoms with E-state index < -0.39 is 6.10 Å². The Bertz CT molecular complexity index is 746. The van der Waals surface area contributed by atoms with Crippen molar-refractivity contribution in [3.63, 3.8) is 0 Å². The van der Waals surface area contributed by atoms with Crippen LogP contribution in [-0.2, 0) is 11.3 Å². The second kappa shape index (κ2) is 6.56. The van der Waals surface area contributed by atoms with Gasteiger partial charge in [0.05, 0.1) is 0 Å². The first-order valence-electron chi connectivity index (χ1n) is 8.22. The Hall–Kier alpha value is -2.49. The van der Waals surface area contributed by atoms with Gasteiger partial charge in [-0.3, -0.25) is 4.79 Å². The van der Waals surface area contributed by atoms with E-state index in [1.54, 1.807) is 0 Å². The van der Waals surface area contributed by atoms with Gasteiger partial charge in [0, 0.05) is 6.54 Å². The Balaban J connectivity index is 1.70. The van der Waals surface area contributed by atoms with E-state index in [0.29, 0.717) is 18.0 Å². The molecule has 2 atom stereocenters. The average Bonchev–Trinajstić information content (AvgIpc) is 2.53. The molecule has 0 saturated carbocycles. The van der Waals surface area contributed by atoms with Gasteiger partial charge in [0.2, 0.25) is 6.10 Å². The Morgan fingerprint density at radius 2 is 1.62 bits per heavy atom. The molecule has 0 aromatic heterocycles. The normalized spacial score (nSPS) is 19.0. The maximum Gasteiger partial charge on any atom is 0.265 e. The van der Waals surface area contributed by atoms with Gasteiger partial charge >= 0.3 is 0 Å². The van der Waals surface area contributed by atoms with Crippen molar-refractivity contribution >= 4 is 5.91 Å². The number of nitrogens with one attached hydrogen (secondary N) is 1. The summed E-state index contributed by atoms with van der Waals surface area (Å²) >= 11 is 0. The zero-order valence-corrected chi connectivity index (χ0v) is 14.6. The van der Waals surface area contributed by atoms with Crippen molar-refractivity contribution in [2.75, 3.05) is 0 Å². The number of amides is 1. The molecule has 0 radical (unpaired) electrons. The molecule has 4 nitrogen and oxygen atoms in total. The predicted octanol–water partition coefficient (Wildman–Crippen LogP) is 3.46. The highest BCUT2D eigenvalue weighted by Gasteiger charge is 2.33. The first-order chi connectivity index (χ1) is 11.5. The average molecular weight is 325 g/mol. The largest absolute Gasteiger partial charge is 0.482 e. The van der Waals surface area contributed by atoms with Crippen molar-refractivity contribution in [2.24, 2.45) is 0 Å². The van der Waals surface area contributed by atoms with Crippen LogP contribution in [0.2, 0.25) is 0 Å². The van der Waals surface area contributed by atoms with Gasteiger partial charge in [0.25, 0.3) is 5.91 Å². The van der Waals surface area contributed by atoms with Crippen LogP contribution < -0.4 is 14.8 Å². The van der Waals surface area contributed by atoms with Crippen LogP contribution in [-0.4, -0.2) is 18.1 Å².